The second kappa shape index (κ2) is 4.51. The predicted octanol–water partition coefficient (Wildman–Crippen LogP) is 5.05. The van der Waals surface area contributed by atoms with Gasteiger partial charge in [-0.1, -0.05) is 42.8 Å². The largest absolute Gasteiger partial charge is 0.361 e. The van der Waals surface area contributed by atoms with Crippen LogP contribution < -0.4 is 0 Å². The number of hydrogen-bond donors (Lipinski definition) is 1. The zero-order valence-electron chi connectivity index (χ0n) is 10.2. The molecular weight excluding hydrogens is 242 g/mol. The smallest absolute Gasteiger partial charge is 0.0487 e. The first kappa shape index (κ1) is 11.4. The fourth-order valence-corrected chi connectivity index (χ4v) is 2.62. The predicted molar refractivity (Wildman–Crippen MR) is 78.1 cm³/mol. The van der Waals surface area contributed by atoms with E-state index in [1.807, 2.05) is 6.20 Å². The summed E-state index contributed by atoms with van der Waals surface area (Å²) in [4.78, 5) is 3.23. The summed E-state index contributed by atoms with van der Waals surface area (Å²) in [6.07, 6.45) is 2.97. The molecule has 0 spiro atoms. The maximum Gasteiger partial charge on any atom is 0.0487 e. The molecule has 0 saturated heterocycles. The lowest BCUT2D eigenvalue weighted by Gasteiger charge is -2.08. The number of aromatic amines is 1. The summed E-state index contributed by atoms with van der Waals surface area (Å²) in [6.45, 7) is 2.14. The van der Waals surface area contributed by atoms with Gasteiger partial charge in [-0.2, -0.15) is 0 Å². The van der Waals surface area contributed by atoms with Gasteiger partial charge in [0.05, 0.1) is 0 Å². The van der Waals surface area contributed by atoms with Gasteiger partial charge in [0.2, 0.25) is 0 Å². The zero-order chi connectivity index (χ0) is 12.5. The van der Waals surface area contributed by atoms with Gasteiger partial charge in [-0.05, 0) is 35.7 Å². The van der Waals surface area contributed by atoms with E-state index in [4.69, 9.17) is 11.6 Å². The van der Waals surface area contributed by atoms with Crippen molar-refractivity contribution in [1.82, 2.24) is 4.98 Å². The molecule has 3 rings (SSSR count). The Bertz CT molecular complexity index is 697. The van der Waals surface area contributed by atoms with Crippen LogP contribution in [0.1, 0.15) is 12.5 Å². The first-order valence-electron chi connectivity index (χ1n) is 6.14. The van der Waals surface area contributed by atoms with E-state index in [2.05, 4.69) is 54.4 Å². The minimum Gasteiger partial charge on any atom is -0.361 e. The highest BCUT2D eigenvalue weighted by Gasteiger charge is 2.08. The van der Waals surface area contributed by atoms with Gasteiger partial charge in [0.1, 0.15) is 0 Å². The standard InChI is InChI=1S/C16H14ClN/c1-2-11-6-7-13(15(17)10-11)12-4-3-5-16-14(12)8-9-18-16/h3-10,18H,2H2,1H3. The van der Waals surface area contributed by atoms with Gasteiger partial charge in [0, 0.05) is 27.7 Å². The first-order chi connectivity index (χ1) is 8.79. The van der Waals surface area contributed by atoms with E-state index >= 15 is 0 Å². The van der Waals surface area contributed by atoms with Crippen LogP contribution in [0.25, 0.3) is 22.0 Å². The maximum absolute atomic E-state index is 6.40. The first-order valence-corrected chi connectivity index (χ1v) is 6.52. The quantitative estimate of drug-likeness (QED) is 0.659. The molecule has 0 aliphatic rings. The van der Waals surface area contributed by atoms with Crippen LogP contribution in [-0.2, 0) is 6.42 Å². The molecule has 1 N–H and O–H groups in total. The van der Waals surface area contributed by atoms with Crippen molar-refractivity contribution in [1.29, 1.82) is 0 Å². The van der Waals surface area contributed by atoms with Crippen LogP contribution in [0.2, 0.25) is 5.02 Å². The molecule has 0 atom stereocenters. The Morgan fingerprint density at radius 3 is 2.72 bits per heavy atom. The van der Waals surface area contributed by atoms with Crippen molar-refractivity contribution in [2.75, 3.05) is 0 Å². The Kier molecular flexibility index (Phi) is 2.85. The maximum atomic E-state index is 6.40. The van der Waals surface area contributed by atoms with Gasteiger partial charge in [-0.15, -0.1) is 0 Å². The second-order valence-corrected chi connectivity index (χ2v) is 4.82. The van der Waals surface area contributed by atoms with E-state index in [9.17, 15) is 0 Å². The van der Waals surface area contributed by atoms with E-state index < -0.39 is 0 Å². The third-order valence-corrected chi connectivity index (χ3v) is 3.64. The van der Waals surface area contributed by atoms with Crippen LogP contribution in [0.5, 0.6) is 0 Å². The van der Waals surface area contributed by atoms with Crippen LogP contribution in [0.4, 0.5) is 0 Å². The number of halogens is 1. The lowest BCUT2D eigenvalue weighted by atomic mass is 10.00. The number of nitrogens with one attached hydrogen (secondary N) is 1. The SMILES string of the molecule is CCc1ccc(-c2cccc3[nH]ccc23)c(Cl)c1. The molecule has 18 heavy (non-hydrogen) atoms. The minimum absolute atomic E-state index is 0.822. The third kappa shape index (κ3) is 1.81. The van der Waals surface area contributed by atoms with Crippen molar-refractivity contribution in [2.45, 2.75) is 13.3 Å². The summed E-state index contributed by atoms with van der Waals surface area (Å²) >= 11 is 6.40. The fraction of sp³-hybridized carbons (Fsp3) is 0.125. The Hall–Kier alpha value is -1.73. The van der Waals surface area contributed by atoms with Gasteiger partial charge >= 0.3 is 0 Å². The minimum atomic E-state index is 0.822. The van der Waals surface area contributed by atoms with Crippen LogP contribution >= 0.6 is 11.6 Å². The fourth-order valence-electron chi connectivity index (χ4n) is 2.32. The molecule has 3 aromatic rings. The second-order valence-electron chi connectivity index (χ2n) is 4.41. The third-order valence-electron chi connectivity index (χ3n) is 3.33. The molecular formula is C16H14ClN. The molecule has 0 unspecified atom stereocenters. The molecule has 2 aromatic carbocycles. The Labute approximate surface area is 111 Å². The molecule has 0 fully saturated rings. The van der Waals surface area contributed by atoms with Crippen molar-refractivity contribution in [3.63, 3.8) is 0 Å². The summed E-state index contributed by atoms with van der Waals surface area (Å²) in [7, 11) is 0. The van der Waals surface area contributed by atoms with E-state index in [0.29, 0.717) is 0 Å². The van der Waals surface area contributed by atoms with Gasteiger partial charge in [-0.3, -0.25) is 0 Å². The highest BCUT2D eigenvalue weighted by Crippen LogP contribution is 2.33. The molecule has 0 aliphatic heterocycles. The lowest BCUT2D eigenvalue weighted by Crippen LogP contribution is -1.84. The summed E-state index contributed by atoms with van der Waals surface area (Å²) < 4.78 is 0. The number of aryl methyl sites for hydroxylation is 1. The molecule has 90 valence electrons. The average molecular weight is 256 g/mol. The molecule has 0 aliphatic carbocycles. The van der Waals surface area contributed by atoms with Crippen molar-refractivity contribution in [3.05, 3.63) is 59.2 Å². The number of H-pyrrole nitrogens is 1. The monoisotopic (exact) mass is 255 g/mol. The van der Waals surface area contributed by atoms with Crippen molar-refractivity contribution in [2.24, 2.45) is 0 Å². The number of fused-ring (bicyclic) bond motifs is 1. The molecule has 1 heterocycles. The molecule has 0 radical (unpaired) electrons. The van der Waals surface area contributed by atoms with E-state index in [0.717, 1.165) is 22.5 Å². The average Bonchev–Trinajstić information content (AvgIpc) is 2.87. The van der Waals surface area contributed by atoms with Crippen LogP contribution in [0.15, 0.2) is 48.7 Å². The van der Waals surface area contributed by atoms with E-state index in [1.165, 1.54) is 16.5 Å². The molecule has 1 aromatic heterocycles. The number of rotatable bonds is 2. The molecule has 2 heteroatoms. The highest BCUT2D eigenvalue weighted by atomic mass is 35.5. The summed E-state index contributed by atoms with van der Waals surface area (Å²) in [5.41, 5.74) is 4.69. The van der Waals surface area contributed by atoms with Crippen molar-refractivity contribution < 1.29 is 0 Å². The van der Waals surface area contributed by atoms with Gasteiger partial charge in [-0.25, -0.2) is 0 Å². The summed E-state index contributed by atoms with van der Waals surface area (Å²) in [5, 5.41) is 2.03. The van der Waals surface area contributed by atoms with Crippen LogP contribution in [0.3, 0.4) is 0 Å². The molecule has 0 amide bonds. The number of benzene rings is 2. The van der Waals surface area contributed by atoms with Gasteiger partial charge in [0.25, 0.3) is 0 Å². The molecule has 0 saturated carbocycles. The van der Waals surface area contributed by atoms with Gasteiger partial charge in [0.15, 0.2) is 0 Å². The van der Waals surface area contributed by atoms with Crippen LogP contribution in [-0.4, -0.2) is 4.98 Å². The van der Waals surface area contributed by atoms with Crippen molar-refractivity contribution >= 4 is 22.5 Å². The Balaban J connectivity index is 2.23. The topological polar surface area (TPSA) is 15.8 Å². The van der Waals surface area contributed by atoms with Crippen LogP contribution in [0, 0.1) is 0 Å². The number of aromatic nitrogens is 1. The lowest BCUT2D eigenvalue weighted by molar-refractivity contribution is 1.14. The summed E-state index contributed by atoms with van der Waals surface area (Å²) in [6, 6.07) is 14.7. The normalized spacial score (nSPS) is 11.0. The van der Waals surface area contributed by atoms with Gasteiger partial charge < -0.3 is 4.98 Å². The number of hydrogen-bond acceptors (Lipinski definition) is 0. The van der Waals surface area contributed by atoms with E-state index in [-0.39, 0.29) is 0 Å². The molecule has 1 nitrogen and oxygen atoms in total. The van der Waals surface area contributed by atoms with Crippen molar-refractivity contribution in [3.8, 4) is 11.1 Å². The zero-order valence-corrected chi connectivity index (χ0v) is 11.0. The Morgan fingerprint density at radius 2 is 1.94 bits per heavy atom. The highest BCUT2D eigenvalue weighted by molar-refractivity contribution is 6.33. The Morgan fingerprint density at radius 1 is 1.06 bits per heavy atom. The summed E-state index contributed by atoms with van der Waals surface area (Å²) in [5.74, 6) is 0. The molecule has 0 bridgehead atoms. The van der Waals surface area contributed by atoms with E-state index in [1.54, 1.807) is 0 Å².